The molecule has 1 saturated heterocycles. The molecule has 3 rings (SSSR count). The van der Waals surface area contributed by atoms with Crippen LogP contribution in [-0.4, -0.2) is 12.6 Å². The lowest BCUT2D eigenvalue weighted by atomic mass is 9.97. The Hall–Kier alpha value is -2.80. The quantitative estimate of drug-likeness (QED) is 0.835. The lowest BCUT2D eigenvalue weighted by Gasteiger charge is -2.17. The van der Waals surface area contributed by atoms with Crippen molar-refractivity contribution in [2.45, 2.75) is 26.3 Å². The standard InChI is InChI=1S/C12H16N2O.C8H7N/c1-9-7-11(14-12(15)13-8-9)10-5-3-2-4-6-10;1-7-2-4-8(6-9)5-3-7/h2-6,9,11H,7-8H2,1H3,(H2,13,14,15);2-5H,1H3. The average Bonchev–Trinajstić information content (AvgIpc) is 2.78. The summed E-state index contributed by atoms with van der Waals surface area (Å²) < 4.78 is 0. The second kappa shape index (κ2) is 8.73. The maximum absolute atomic E-state index is 11.4. The molecule has 2 amide bonds. The van der Waals surface area contributed by atoms with Crippen LogP contribution in [0.5, 0.6) is 0 Å². The molecule has 0 spiro atoms. The van der Waals surface area contributed by atoms with Crippen molar-refractivity contribution in [2.75, 3.05) is 6.54 Å². The normalized spacial score (nSPS) is 19.6. The summed E-state index contributed by atoms with van der Waals surface area (Å²) in [7, 11) is 0. The van der Waals surface area contributed by atoms with Crippen molar-refractivity contribution < 1.29 is 4.79 Å². The summed E-state index contributed by atoms with van der Waals surface area (Å²) in [5.41, 5.74) is 3.09. The maximum Gasteiger partial charge on any atom is 0.315 e. The van der Waals surface area contributed by atoms with Crippen molar-refractivity contribution in [1.29, 1.82) is 5.26 Å². The number of benzene rings is 2. The molecule has 1 aliphatic heterocycles. The summed E-state index contributed by atoms with van der Waals surface area (Å²) in [5, 5.41) is 14.2. The minimum Gasteiger partial charge on any atom is -0.338 e. The molecule has 1 heterocycles. The van der Waals surface area contributed by atoms with Gasteiger partial charge in [0, 0.05) is 6.54 Å². The van der Waals surface area contributed by atoms with Crippen molar-refractivity contribution in [3.8, 4) is 6.07 Å². The zero-order chi connectivity index (χ0) is 17.4. The van der Waals surface area contributed by atoms with Crippen LogP contribution in [0.15, 0.2) is 54.6 Å². The zero-order valence-electron chi connectivity index (χ0n) is 14.1. The Morgan fingerprint density at radius 1 is 1.08 bits per heavy atom. The number of aryl methyl sites for hydroxylation is 1. The highest BCUT2D eigenvalue weighted by atomic mass is 16.2. The van der Waals surface area contributed by atoms with Gasteiger partial charge in [0.05, 0.1) is 17.7 Å². The van der Waals surface area contributed by atoms with Gasteiger partial charge in [0.1, 0.15) is 0 Å². The first kappa shape index (κ1) is 17.6. The van der Waals surface area contributed by atoms with Crippen molar-refractivity contribution >= 4 is 6.03 Å². The van der Waals surface area contributed by atoms with Crippen LogP contribution in [0.3, 0.4) is 0 Å². The van der Waals surface area contributed by atoms with Crippen LogP contribution in [0, 0.1) is 24.2 Å². The highest BCUT2D eigenvalue weighted by Crippen LogP contribution is 2.22. The Kier molecular flexibility index (Phi) is 6.39. The number of urea groups is 1. The fourth-order valence-electron chi connectivity index (χ4n) is 2.55. The molecule has 0 aromatic heterocycles. The Balaban J connectivity index is 0.000000198. The van der Waals surface area contributed by atoms with E-state index in [2.05, 4.69) is 35.8 Å². The Morgan fingerprint density at radius 3 is 2.38 bits per heavy atom. The highest BCUT2D eigenvalue weighted by molar-refractivity contribution is 5.74. The van der Waals surface area contributed by atoms with Crippen molar-refractivity contribution in [3.63, 3.8) is 0 Å². The number of hydrogen-bond donors (Lipinski definition) is 2. The number of hydrogen-bond acceptors (Lipinski definition) is 2. The molecular formula is C20H23N3O. The summed E-state index contributed by atoms with van der Waals surface area (Å²) in [6.07, 6.45) is 0.989. The number of nitrogens with zero attached hydrogens (tertiary/aromatic N) is 1. The van der Waals surface area contributed by atoms with Crippen molar-refractivity contribution in [3.05, 3.63) is 71.3 Å². The van der Waals surface area contributed by atoms with E-state index in [1.165, 1.54) is 11.1 Å². The summed E-state index contributed by atoms with van der Waals surface area (Å²) in [4.78, 5) is 11.4. The molecule has 24 heavy (non-hydrogen) atoms. The minimum atomic E-state index is -0.0618. The molecule has 1 fully saturated rings. The van der Waals surface area contributed by atoms with Gasteiger partial charge in [-0.3, -0.25) is 0 Å². The molecule has 4 nitrogen and oxygen atoms in total. The third kappa shape index (κ3) is 5.44. The van der Waals surface area contributed by atoms with Gasteiger partial charge in [-0.15, -0.1) is 0 Å². The van der Waals surface area contributed by atoms with E-state index in [0.29, 0.717) is 5.92 Å². The molecule has 2 N–H and O–H groups in total. The Morgan fingerprint density at radius 2 is 1.75 bits per heavy atom. The van der Waals surface area contributed by atoms with E-state index in [9.17, 15) is 4.79 Å². The first-order valence-electron chi connectivity index (χ1n) is 8.14. The molecular weight excluding hydrogens is 298 g/mol. The molecule has 4 heteroatoms. The van der Waals surface area contributed by atoms with E-state index in [1.807, 2.05) is 49.4 Å². The molecule has 0 saturated carbocycles. The summed E-state index contributed by atoms with van der Waals surface area (Å²) in [6.45, 7) is 4.92. The van der Waals surface area contributed by atoms with Gasteiger partial charge >= 0.3 is 6.03 Å². The highest BCUT2D eigenvalue weighted by Gasteiger charge is 2.21. The van der Waals surface area contributed by atoms with Gasteiger partial charge in [-0.05, 0) is 37.0 Å². The molecule has 0 bridgehead atoms. The number of rotatable bonds is 1. The largest absolute Gasteiger partial charge is 0.338 e. The lowest BCUT2D eigenvalue weighted by Crippen LogP contribution is -2.35. The summed E-state index contributed by atoms with van der Waals surface area (Å²) in [5.74, 6) is 0.508. The SMILES string of the molecule is CC1CNC(=O)NC(c2ccccc2)C1.Cc1ccc(C#N)cc1. The van der Waals surface area contributed by atoms with E-state index in [1.54, 1.807) is 0 Å². The predicted octanol–water partition coefficient (Wildman–Crippen LogP) is 3.93. The van der Waals surface area contributed by atoms with E-state index in [-0.39, 0.29) is 12.1 Å². The van der Waals surface area contributed by atoms with Gasteiger partial charge in [-0.2, -0.15) is 5.26 Å². The first-order chi connectivity index (χ1) is 11.6. The maximum atomic E-state index is 11.4. The lowest BCUT2D eigenvalue weighted by molar-refractivity contribution is 0.240. The third-order valence-electron chi connectivity index (χ3n) is 3.94. The van der Waals surface area contributed by atoms with Crippen LogP contribution < -0.4 is 10.6 Å². The van der Waals surface area contributed by atoms with E-state index < -0.39 is 0 Å². The van der Waals surface area contributed by atoms with Crippen LogP contribution in [-0.2, 0) is 0 Å². The topological polar surface area (TPSA) is 64.9 Å². The summed E-state index contributed by atoms with van der Waals surface area (Å²) >= 11 is 0. The molecule has 2 atom stereocenters. The Bertz CT molecular complexity index is 689. The third-order valence-corrected chi connectivity index (χ3v) is 3.94. The van der Waals surface area contributed by atoms with Gasteiger partial charge in [-0.1, -0.05) is 55.0 Å². The molecule has 0 aliphatic carbocycles. The molecule has 2 aromatic carbocycles. The second-order valence-electron chi connectivity index (χ2n) is 6.14. The van der Waals surface area contributed by atoms with Gasteiger partial charge in [0.15, 0.2) is 0 Å². The number of carbonyl (C=O) groups is 1. The van der Waals surface area contributed by atoms with Crippen LogP contribution >= 0.6 is 0 Å². The van der Waals surface area contributed by atoms with Gasteiger partial charge in [0.2, 0.25) is 0 Å². The van der Waals surface area contributed by atoms with Gasteiger partial charge < -0.3 is 10.6 Å². The van der Waals surface area contributed by atoms with Gasteiger partial charge in [0.25, 0.3) is 0 Å². The molecule has 1 aliphatic rings. The minimum absolute atomic E-state index is 0.0618. The Labute approximate surface area is 143 Å². The monoisotopic (exact) mass is 321 g/mol. The summed E-state index contributed by atoms with van der Waals surface area (Å²) in [6, 6.07) is 19.7. The smallest absolute Gasteiger partial charge is 0.315 e. The van der Waals surface area contributed by atoms with Crippen LogP contribution in [0.25, 0.3) is 0 Å². The van der Waals surface area contributed by atoms with Crippen LogP contribution in [0.2, 0.25) is 0 Å². The van der Waals surface area contributed by atoms with E-state index >= 15 is 0 Å². The molecule has 2 aromatic rings. The van der Waals surface area contributed by atoms with Crippen LogP contribution in [0.4, 0.5) is 4.79 Å². The fraction of sp³-hybridized carbons (Fsp3) is 0.300. The first-order valence-corrected chi connectivity index (χ1v) is 8.14. The fourth-order valence-corrected chi connectivity index (χ4v) is 2.55. The van der Waals surface area contributed by atoms with E-state index in [4.69, 9.17) is 5.26 Å². The number of nitrogens with one attached hydrogen (secondary N) is 2. The molecule has 0 radical (unpaired) electrons. The van der Waals surface area contributed by atoms with Gasteiger partial charge in [-0.25, -0.2) is 4.79 Å². The molecule has 2 unspecified atom stereocenters. The van der Waals surface area contributed by atoms with E-state index in [0.717, 1.165) is 18.5 Å². The second-order valence-corrected chi connectivity index (χ2v) is 6.14. The number of amides is 2. The number of nitriles is 1. The van der Waals surface area contributed by atoms with Crippen molar-refractivity contribution in [2.24, 2.45) is 5.92 Å². The van der Waals surface area contributed by atoms with Crippen LogP contribution in [0.1, 0.15) is 36.1 Å². The molecule has 124 valence electrons. The van der Waals surface area contributed by atoms with Crippen molar-refractivity contribution in [1.82, 2.24) is 10.6 Å². The zero-order valence-corrected chi connectivity index (χ0v) is 14.1. The predicted molar refractivity (Wildman–Crippen MR) is 95.4 cm³/mol. The number of carbonyl (C=O) groups excluding carboxylic acids is 1. The average molecular weight is 321 g/mol.